The molecule has 0 atom stereocenters. The first kappa shape index (κ1) is 18.4. The number of ether oxygens (including phenoxy) is 1. The van der Waals surface area contributed by atoms with Gasteiger partial charge < -0.3 is 9.64 Å². The van der Waals surface area contributed by atoms with Crippen LogP contribution in [-0.2, 0) is 11.3 Å². The largest absolute Gasteiger partial charge is 0.370 e. The zero-order valence-electron chi connectivity index (χ0n) is 14.9. The van der Waals surface area contributed by atoms with E-state index in [0.717, 1.165) is 54.9 Å². The summed E-state index contributed by atoms with van der Waals surface area (Å²) < 4.78 is 8.95. The molecule has 140 valence electrons. The minimum Gasteiger partial charge on any atom is -0.370 e. The Hall–Kier alpha value is -1.92. The second-order valence-electron chi connectivity index (χ2n) is 6.54. The van der Waals surface area contributed by atoms with Crippen LogP contribution in [0.25, 0.3) is 20.3 Å². The summed E-state index contributed by atoms with van der Waals surface area (Å²) in [4.78, 5) is 19.5. The highest BCUT2D eigenvalue weighted by molar-refractivity contribution is 7.99. The highest BCUT2D eigenvalue weighted by Gasteiger charge is 2.18. The quantitative estimate of drug-likeness (QED) is 0.501. The lowest BCUT2D eigenvalue weighted by atomic mass is 10.2. The van der Waals surface area contributed by atoms with Gasteiger partial charge in [-0.1, -0.05) is 30.0 Å². The highest BCUT2D eigenvalue weighted by atomic mass is 32.2. The van der Waals surface area contributed by atoms with E-state index in [4.69, 9.17) is 15.0 Å². The second-order valence-corrected chi connectivity index (χ2v) is 8.53. The van der Waals surface area contributed by atoms with Gasteiger partial charge in [0.25, 0.3) is 5.56 Å². The van der Waals surface area contributed by atoms with Crippen molar-refractivity contribution in [2.75, 3.05) is 38.6 Å². The van der Waals surface area contributed by atoms with Crippen LogP contribution in [0, 0.1) is 11.3 Å². The highest BCUT2D eigenvalue weighted by Crippen LogP contribution is 2.31. The summed E-state index contributed by atoms with van der Waals surface area (Å²) in [5.41, 5.74) is 0.773. The predicted molar refractivity (Wildman–Crippen MR) is 109 cm³/mol. The molecule has 0 aliphatic carbocycles. The number of aromatic nitrogens is 2. The number of benzene rings is 1. The third kappa shape index (κ3) is 3.87. The summed E-state index contributed by atoms with van der Waals surface area (Å²) in [6.45, 7) is 5.33. The fraction of sp³-hybridized carbons (Fsp3) is 0.421. The Bertz CT molecular complexity index is 1050. The van der Waals surface area contributed by atoms with E-state index in [2.05, 4.69) is 6.07 Å². The van der Waals surface area contributed by atoms with Crippen LogP contribution < -0.4 is 10.5 Å². The molecule has 0 radical (unpaired) electrons. The van der Waals surface area contributed by atoms with Crippen molar-refractivity contribution in [3.63, 3.8) is 0 Å². The van der Waals surface area contributed by atoms with Crippen molar-refractivity contribution in [3.05, 3.63) is 34.6 Å². The molecule has 1 aromatic carbocycles. The number of thioether (sulfide) groups is 1. The Kier molecular flexibility index (Phi) is 5.74. The van der Waals surface area contributed by atoms with Gasteiger partial charge in [0.2, 0.25) is 0 Å². The molecule has 1 fully saturated rings. The third-order valence-corrected chi connectivity index (χ3v) is 6.82. The normalized spacial score (nSPS) is 15.4. The zero-order chi connectivity index (χ0) is 18.6. The van der Waals surface area contributed by atoms with Crippen LogP contribution in [-0.4, -0.2) is 48.2 Å². The van der Waals surface area contributed by atoms with Crippen LogP contribution >= 0.6 is 23.1 Å². The molecule has 1 saturated heterocycles. The Morgan fingerprint density at radius 2 is 2.15 bits per heavy atom. The molecule has 1 N–H and O–H groups in total. The van der Waals surface area contributed by atoms with Crippen molar-refractivity contribution in [2.45, 2.75) is 18.1 Å². The lowest BCUT2D eigenvalue weighted by Crippen LogP contribution is -3.14. The SMILES string of the molecule is N#CCSc1nc2c(sc3ccccc32)c(=O)n1CCC[NH+]1CCOCC1. The van der Waals surface area contributed by atoms with E-state index >= 15 is 0 Å². The first-order valence-corrected chi connectivity index (χ1v) is 10.9. The van der Waals surface area contributed by atoms with Gasteiger partial charge in [-0.15, -0.1) is 11.3 Å². The fourth-order valence-electron chi connectivity index (χ4n) is 3.45. The lowest BCUT2D eigenvalue weighted by molar-refractivity contribution is -0.908. The number of fused-ring (bicyclic) bond motifs is 3. The minimum atomic E-state index is 0.0126. The van der Waals surface area contributed by atoms with Gasteiger partial charge in [0.05, 0.1) is 37.1 Å². The molecule has 3 heterocycles. The maximum atomic E-state index is 13.2. The third-order valence-electron chi connectivity index (χ3n) is 4.82. The topological polar surface area (TPSA) is 72.3 Å². The number of hydrogen-bond acceptors (Lipinski definition) is 6. The number of nitriles is 1. The van der Waals surface area contributed by atoms with Crippen molar-refractivity contribution >= 4 is 43.4 Å². The maximum Gasteiger partial charge on any atom is 0.272 e. The Labute approximate surface area is 165 Å². The molecule has 4 rings (SSSR count). The van der Waals surface area contributed by atoms with Crippen LogP contribution in [0.4, 0.5) is 0 Å². The van der Waals surface area contributed by atoms with E-state index in [0.29, 0.717) is 16.4 Å². The van der Waals surface area contributed by atoms with Crippen LogP contribution in [0.15, 0.2) is 34.2 Å². The van der Waals surface area contributed by atoms with Crippen molar-refractivity contribution < 1.29 is 9.64 Å². The van der Waals surface area contributed by atoms with E-state index in [1.165, 1.54) is 28.0 Å². The van der Waals surface area contributed by atoms with Crippen LogP contribution in [0.2, 0.25) is 0 Å². The molecule has 27 heavy (non-hydrogen) atoms. The molecule has 6 nitrogen and oxygen atoms in total. The first-order valence-electron chi connectivity index (χ1n) is 9.11. The average molecular weight is 402 g/mol. The number of thiophene rings is 1. The smallest absolute Gasteiger partial charge is 0.272 e. The molecule has 1 aliphatic rings. The molecule has 0 saturated carbocycles. The van der Waals surface area contributed by atoms with Crippen molar-refractivity contribution in [3.8, 4) is 6.07 Å². The maximum absolute atomic E-state index is 13.2. The van der Waals surface area contributed by atoms with Crippen LogP contribution in [0.5, 0.6) is 0 Å². The van der Waals surface area contributed by atoms with Crippen molar-refractivity contribution in [1.82, 2.24) is 9.55 Å². The van der Waals surface area contributed by atoms with Gasteiger partial charge in [-0.2, -0.15) is 5.26 Å². The molecule has 0 bridgehead atoms. The first-order chi connectivity index (χ1) is 13.3. The number of quaternary nitrogens is 1. The van der Waals surface area contributed by atoms with E-state index < -0.39 is 0 Å². The lowest BCUT2D eigenvalue weighted by Gasteiger charge is -2.23. The molecule has 1 aliphatic heterocycles. The summed E-state index contributed by atoms with van der Waals surface area (Å²) in [6, 6.07) is 10.1. The summed E-state index contributed by atoms with van der Waals surface area (Å²) >= 11 is 2.85. The molecule has 0 spiro atoms. The van der Waals surface area contributed by atoms with E-state index in [-0.39, 0.29) is 11.3 Å². The Morgan fingerprint density at radius 1 is 1.33 bits per heavy atom. The van der Waals surface area contributed by atoms with Crippen LogP contribution in [0.3, 0.4) is 0 Å². The summed E-state index contributed by atoms with van der Waals surface area (Å²) in [6.07, 6.45) is 0.910. The van der Waals surface area contributed by atoms with Gasteiger partial charge in [-0.3, -0.25) is 9.36 Å². The van der Waals surface area contributed by atoms with Crippen LogP contribution in [0.1, 0.15) is 6.42 Å². The fourth-order valence-corrected chi connectivity index (χ4v) is 5.23. The van der Waals surface area contributed by atoms with E-state index in [1.807, 2.05) is 24.3 Å². The van der Waals surface area contributed by atoms with Gasteiger partial charge in [-0.05, 0) is 6.07 Å². The Morgan fingerprint density at radius 3 is 2.96 bits per heavy atom. The van der Waals surface area contributed by atoms with Gasteiger partial charge in [-0.25, -0.2) is 4.98 Å². The van der Waals surface area contributed by atoms with E-state index in [9.17, 15) is 4.79 Å². The molecular weight excluding hydrogens is 380 g/mol. The van der Waals surface area contributed by atoms with Crippen molar-refractivity contribution in [1.29, 1.82) is 5.26 Å². The number of hydrogen-bond donors (Lipinski definition) is 1. The molecule has 0 amide bonds. The van der Waals surface area contributed by atoms with Gasteiger partial charge >= 0.3 is 0 Å². The van der Waals surface area contributed by atoms with E-state index in [1.54, 1.807) is 4.57 Å². The molecule has 3 aromatic rings. The minimum absolute atomic E-state index is 0.0126. The second kappa shape index (κ2) is 8.40. The van der Waals surface area contributed by atoms with Gasteiger partial charge in [0.15, 0.2) is 5.16 Å². The van der Waals surface area contributed by atoms with Gasteiger partial charge in [0, 0.05) is 23.1 Å². The van der Waals surface area contributed by atoms with Gasteiger partial charge in [0.1, 0.15) is 17.8 Å². The number of rotatable bonds is 6. The Balaban J connectivity index is 1.66. The number of morpholine rings is 1. The number of nitrogens with one attached hydrogen (secondary N) is 1. The molecular formula is C19H21N4O2S2+. The predicted octanol–water partition coefficient (Wildman–Crippen LogP) is 1.53. The molecule has 8 heteroatoms. The standard InChI is InChI=1S/C19H20N4O2S2/c20-6-13-26-19-21-16-14-4-1-2-5-15(14)27-17(16)18(24)23(19)8-3-7-22-9-11-25-12-10-22/h1-2,4-5H,3,7-13H2/p+1. The monoisotopic (exact) mass is 401 g/mol. The molecule has 2 aromatic heterocycles. The summed E-state index contributed by atoms with van der Waals surface area (Å²) in [5.74, 6) is 0.286. The zero-order valence-corrected chi connectivity index (χ0v) is 16.6. The molecule has 0 unspecified atom stereocenters. The summed E-state index contributed by atoms with van der Waals surface area (Å²) in [5, 5.41) is 10.6. The van der Waals surface area contributed by atoms with Crippen molar-refractivity contribution in [2.24, 2.45) is 0 Å². The average Bonchev–Trinajstić information content (AvgIpc) is 3.08. The number of nitrogens with zero attached hydrogens (tertiary/aromatic N) is 3. The summed E-state index contributed by atoms with van der Waals surface area (Å²) in [7, 11) is 0.